The van der Waals surface area contributed by atoms with Crippen LogP contribution < -0.4 is 10.2 Å². The van der Waals surface area contributed by atoms with Crippen molar-refractivity contribution < 1.29 is 18.7 Å². The maximum Gasteiger partial charge on any atom is 0.412 e. The zero-order valence-corrected chi connectivity index (χ0v) is 22.4. The first-order chi connectivity index (χ1) is 19.5. The standard InChI is InChI=1S/C32H31FN4O3/c1-21(22-5-9-24(33)10-6-22)40-32(38)35-25-11-7-23(8-12-25)31-29(20-34)28-14-13-27(36-15-17-39-18-16-36)19-30(28)37(31)26-3-2-4-26/h5-14,19,21,26H,2-4,15-18H2,1H3,(H,35,38)/t21-/m1/s1. The molecule has 0 unspecified atom stereocenters. The van der Waals surface area contributed by atoms with Crippen LogP contribution in [0.1, 0.15) is 49.5 Å². The lowest BCUT2D eigenvalue weighted by atomic mass is 9.92. The van der Waals surface area contributed by atoms with E-state index < -0.39 is 12.2 Å². The van der Waals surface area contributed by atoms with Crippen molar-refractivity contribution in [2.75, 3.05) is 36.5 Å². The lowest BCUT2D eigenvalue weighted by Gasteiger charge is -2.31. The number of amides is 1. The first-order valence-corrected chi connectivity index (χ1v) is 13.8. The number of hydrogen-bond acceptors (Lipinski definition) is 5. The molecule has 1 amide bonds. The van der Waals surface area contributed by atoms with Crippen molar-refractivity contribution >= 4 is 28.4 Å². The van der Waals surface area contributed by atoms with Gasteiger partial charge in [0.25, 0.3) is 0 Å². The third-order valence-electron chi connectivity index (χ3n) is 7.94. The predicted octanol–water partition coefficient (Wildman–Crippen LogP) is 7.19. The van der Waals surface area contributed by atoms with E-state index in [9.17, 15) is 14.4 Å². The molecule has 1 aromatic heterocycles. The Bertz CT molecular complexity index is 1560. The fourth-order valence-electron chi connectivity index (χ4n) is 5.56. The van der Waals surface area contributed by atoms with Gasteiger partial charge in [-0.05, 0) is 79.8 Å². The van der Waals surface area contributed by atoms with E-state index in [0.29, 0.717) is 22.9 Å². The van der Waals surface area contributed by atoms with E-state index in [-0.39, 0.29) is 5.82 Å². The molecule has 2 fully saturated rings. The SMILES string of the molecule is C[C@@H](OC(=O)Nc1ccc(-c2c(C#N)c3ccc(N4CCOCC4)cc3n2C2CCC2)cc1)c1ccc(F)cc1. The monoisotopic (exact) mass is 538 g/mol. The summed E-state index contributed by atoms with van der Waals surface area (Å²) in [5.41, 5.74) is 6.03. The van der Waals surface area contributed by atoms with Crippen molar-refractivity contribution in [3.05, 3.63) is 83.7 Å². The molecule has 7 nitrogen and oxygen atoms in total. The Morgan fingerprint density at radius 1 is 1.07 bits per heavy atom. The van der Waals surface area contributed by atoms with Crippen molar-refractivity contribution in [1.82, 2.24) is 4.57 Å². The van der Waals surface area contributed by atoms with Crippen LogP contribution in [0.3, 0.4) is 0 Å². The second-order valence-corrected chi connectivity index (χ2v) is 10.4. The molecule has 8 heteroatoms. The number of aromatic nitrogens is 1. The molecule has 0 bridgehead atoms. The number of carbonyl (C=O) groups excluding carboxylic acids is 1. The highest BCUT2D eigenvalue weighted by Gasteiger charge is 2.28. The number of fused-ring (bicyclic) bond motifs is 1. The molecule has 2 aliphatic rings. The number of halogens is 1. The van der Waals surface area contributed by atoms with E-state index in [1.54, 1.807) is 19.1 Å². The second kappa shape index (κ2) is 11.0. The number of nitriles is 1. The van der Waals surface area contributed by atoms with Gasteiger partial charge in [-0.1, -0.05) is 24.3 Å². The van der Waals surface area contributed by atoms with Crippen molar-refractivity contribution in [2.24, 2.45) is 0 Å². The van der Waals surface area contributed by atoms with Gasteiger partial charge < -0.3 is 18.9 Å². The Morgan fingerprint density at radius 3 is 2.45 bits per heavy atom. The number of rotatable bonds is 6. The number of carbonyl (C=O) groups is 1. The van der Waals surface area contributed by atoms with E-state index >= 15 is 0 Å². The number of hydrogen-bond donors (Lipinski definition) is 1. The topological polar surface area (TPSA) is 79.5 Å². The number of morpholine rings is 1. The van der Waals surface area contributed by atoms with Crippen LogP contribution in [0.5, 0.6) is 0 Å². The van der Waals surface area contributed by atoms with E-state index in [4.69, 9.17) is 9.47 Å². The highest BCUT2D eigenvalue weighted by atomic mass is 19.1. The number of nitrogens with one attached hydrogen (secondary N) is 1. The third kappa shape index (κ3) is 5.01. The highest BCUT2D eigenvalue weighted by Crippen LogP contribution is 2.43. The molecule has 40 heavy (non-hydrogen) atoms. The Morgan fingerprint density at radius 2 is 1.80 bits per heavy atom. The molecule has 6 rings (SSSR count). The molecular formula is C32H31FN4O3. The van der Waals surface area contributed by atoms with Gasteiger partial charge in [-0.25, -0.2) is 9.18 Å². The number of benzene rings is 3. The molecule has 1 aliphatic carbocycles. The van der Waals surface area contributed by atoms with Gasteiger partial charge in [0.15, 0.2) is 0 Å². The molecule has 0 radical (unpaired) electrons. The van der Waals surface area contributed by atoms with Crippen molar-refractivity contribution in [3.8, 4) is 17.3 Å². The summed E-state index contributed by atoms with van der Waals surface area (Å²) in [6.07, 6.45) is 2.22. The van der Waals surface area contributed by atoms with Gasteiger partial charge in [-0.2, -0.15) is 5.26 Å². The van der Waals surface area contributed by atoms with Gasteiger partial charge in [0, 0.05) is 35.9 Å². The average molecular weight is 539 g/mol. The molecular weight excluding hydrogens is 507 g/mol. The van der Waals surface area contributed by atoms with Crippen molar-refractivity contribution in [1.29, 1.82) is 5.26 Å². The Labute approximate surface area is 232 Å². The first kappa shape index (κ1) is 25.9. The smallest absolute Gasteiger partial charge is 0.412 e. The molecule has 2 heterocycles. The van der Waals surface area contributed by atoms with Crippen LogP contribution in [0.25, 0.3) is 22.2 Å². The largest absolute Gasteiger partial charge is 0.441 e. The van der Waals surface area contributed by atoms with Gasteiger partial charge in [0.1, 0.15) is 18.0 Å². The van der Waals surface area contributed by atoms with Crippen LogP contribution in [0.2, 0.25) is 0 Å². The molecule has 1 atom stereocenters. The lowest BCUT2D eigenvalue weighted by Crippen LogP contribution is -2.36. The van der Waals surface area contributed by atoms with E-state index in [0.717, 1.165) is 67.0 Å². The number of anilines is 2. The van der Waals surface area contributed by atoms with Gasteiger partial charge in [0.2, 0.25) is 0 Å². The summed E-state index contributed by atoms with van der Waals surface area (Å²) in [6, 6.07) is 22.6. The number of nitrogens with zero attached hydrogens (tertiary/aromatic N) is 3. The van der Waals surface area contributed by atoms with E-state index in [1.165, 1.54) is 18.6 Å². The maximum atomic E-state index is 13.2. The minimum absolute atomic E-state index is 0.339. The zero-order valence-electron chi connectivity index (χ0n) is 22.4. The summed E-state index contributed by atoms with van der Waals surface area (Å²) in [5, 5.41) is 14.0. The molecule has 1 aliphatic heterocycles. The van der Waals surface area contributed by atoms with Crippen LogP contribution in [0.4, 0.5) is 20.6 Å². The van der Waals surface area contributed by atoms with Crippen LogP contribution in [-0.4, -0.2) is 37.0 Å². The van der Waals surface area contributed by atoms with Crippen LogP contribution >= 0.6 is 0 Å². The van der Waals surface area contributed by atoms with Gasteiger partial charge in [-0.15, -0.1) is 0 Å². The Kier molecular flexibility index (Phi) is 7.14. The second-order valence-electron chi connectivity index (χ2n) is 10.4. The summed E-state index contributed by atoms with van der Waals surface area (Å²) in [5.74, 6) is -0.339. The lowest BCUT2D eigenvalue weighted by molar-refractivity contribution is 0.121. The van der Waals surface area contributed by atoms with Gasteiger partial charge >= 0.3 is 6.09 Å². The predicted molar refractivity (Wildman–Crippen MR) is 153 cm³/mol. The first-order valence-electron chi connectivity index (χ1n) is 13.8. The van der Waals surface area contributed by atoms with Crippen LogP contribution in [0.15, 0.2) is 66.7 Å². The Balaban J connectivity index is 1.27. The summed E-state index contributed by atoms with van der Waals surface area (Å²) < 4.78 is 26.6. The zero-order chi connectivity index (χ0) is 27.6. The minimum Gasteiger partial charge on any atom is -0.441 e. The van der Waals surface area contributed by atoms with Crippen molar-refractivity contribution in [3.63, 3.8) is 0 Å². The summed E-state index contributed by atoms with van der Waals surface area (Å²) in [4.78, 5) is 14.9. The highest BCUT2D eigenvalue weighted by molar-refractivity contribution is 5.97. The summed E-state index contributed by atoms with van der Waals surface area (Å²) >= 11 is 0. The molecule has 0 spiro atoms. The minimum atomic E-state index is -0.596. The fourth-order valence-corrected chi connectivity index (χ4v) is 5.56. The molecule has 1 saturated carbocycles. The van der Waals surface area contributed by atoms with Crippen LogP contribution in [0, 0.1) is 17.1 Å². The summed E-state index contributed by atoms with van der Waals surface area (Å²) in [6.45, 7) is 4.88. The third-order valence-corrected chi connectivity index (χ3v) is 7.94. The maximum absolute atomic E-state index is 13.2. The number of ether oxygens (including phenoxy) is 2. The quantitative estimate of drug-likeness (QED) is 0.281. The Hall–Kier alpha value is -4.35. The fraction of sp³-hybridized carbons (Fsp3) is 0.312. The summed E-state index contributed by atoms with van der Waals surface area (Å²) in [7, 11) is 0. The average Bonchev–Trinajstić information content (AvgIpc) is 3.26. The molecule has 1 saturated heterocycles. The molecule has 204 valence electrons. The van der Waals surface area contributed by atoms with Crippen LogP contribution in [-0.2, 0) is 9.47 Å². The van der Waals surface area contributed by atoms with E-state index in [2.05, 4.69) is 39.1 Å². The van der Waals surface area contributed by atoms with Gasteiger partial charge in [-0.3, -0.25) is 5.32 Å². The van der Waals surface area contributed by atoms with E-state index in [1.807, 2.05) is 24.3 Å². The molecule has 1 N–H and O–H groups in total. The molecule has 3 aromatic carbocycles. The normalized spacial score (nSPS) is 16.3. The van der Waals surface area contributed by atoms with Gasteiger partial charge in [0.05, 0.1) is 30.0 Å². The molecule has 4 aromatic rings. The van der Waals surface area contributed by atoms with Crippen molar-refractivity contribution in [2.45, 2.75) is 38.3 Å².